The molecule has 0 bridgehead atoms. The van der Waals surface area contributed by atoms with Crippen LogP contribution in [0.25, 0.3) is 0 Å². The molecule has 8 N–H and O–H groups in total. The van der Waals surface area contributed by atoms with Crippen LogP contribution < -0.4 is 22.1 Å². The molecular formula is C13H22N4O7. The molecule has 0 heterocycles. The molecule has 0 aromatic carbocycles. The maximum Gasteiger partial charge on any atom is 0.326 e. The normalized spacial score (nSPS) is 14.3. The van der Waals surface area contributed by atoms with Crippen LogP contribution in [0.1, 0.15) is 26.7 Å². The fourth-order valence-electron chi connectivity index (χ4n) is 1.74. The molecule has 0 aliphatic carbocycles. The number of amides is 3. The van der Waals surface area contributed by atoms with Gasteiger partial charge in [0.25, 0.3) is 0 Å². The van der Waals surface area contributed by atoms with Gasteiger partial charge >= 0.3 is 11.9 Å². The number of primary amides is 1. The van der Waals surface area contributed by atoms with Crippen LogP contribution in [0.3, 0.4) is 0 Å². The summed E-state index contributed by atoms with van der Waals surface area (Å²) in [4.78, 5) is 56.6. The number of hydrogen-bond acceptors (Lipinski definition) is 6. The summed E-state index contributed by atoms with van der Waals surface area (Å²) in [6.07, 6.45) is -1.28. The minimum atomic E-state index is -1.46. The molecular weight excluding hydrogens is 324 g/mol. The quantitative estimate of drug-likeness (QED) is 0.246. The van der Waals surface area contributed by atoms with Gasteiger partial charge in [0.2, 0.25) is 17.7 Å². The molecule has 0 unspecified atom stereocenters. The minimum absolute atomic E-state index is 0.453. The second kappa shape index (κ2) is 9.45. The van der Waals surface area contributed by atoms with E-state index in [1.807, 2.05) is 0 Å². The van der Waals surface area contributed by atoms with Gasteiger partial charge < -0.3 is 32.3 Å². The number of carboxylic acid groups (broad SMARTS) is 2. The highest BCUT2D eigenvalue weighted by molar-refractivity contribution is 5.95. The topological polar surface area (TPSA) is 202 Å². The Morgan fingerprint density at radius 2 is 1.50 bits per heavy atom. The van der Waals surface area contributed by atoms with E-state index in [0.29, 0.717) is 0 Å². The summed E-state index contributed by atoms with van der Waals surface area (Å²) in [6, 6.07) is -4.14. The molecule has 0 saturated heterocycles. The van der Waals surface area contributed by atoms with Crippen LogP contribution in [0.15, 0.2) is 0 Å². The molecule has 0 aromatic heterocycles. The van der Waals surface area contributed by atoms with Crippen LogP contribution in [0.2, 0.25) is 0 Å². The summed E-state index contributed by atoms with van der Waals surface area (Å²) in [6.45, 7) is 3.12. The predicted octanol–water partition coefficient (Wildman–Crippen LogP) is -2.63. The highest BCUT2D eigenvalue weighted by Crippen LogP contribution is 2.04. The lowest BCUT2D eigenvalue weighted by molar-refractivity contribution is -0.144. The van der Waals surface area contributed by atoms with E-state index in [2.05, 4.69) is 10.6 Å². The Kier molecular flexibility index (Phi) is 8.39. The summed E-state index contributed by atoms with van der Waals surface area (Å²) in [7, 11) is 0. The predicted molar refractivity (Wildman–Crippen MR) is 80.4 cm³/mol. The fraction of sp³-hybridized carbons (Fsp3) is 0.615. The molecule has 3 atom stereocenters. The third-order valence-electron chi connectivity index (χ3n) is 3.00. The van der Waals surface area contributed by atoms with Crippen molar-refractivity contribution in [3.63, 3.8) is 0 Å². The Hall–Kier alpha value is -2.69. The lowest BCUT2D eigenvalue weighted by Crippen LogP contribution is -2.56. The summed E-state index contributed by atoms with van der Waals surface area (Å²) in [5.74, 6) is -5.89. The van der Waals surface area contributed by atoms with Gasteiger partial charge in [-0.05, 0) is 5.92 Å². The van der Waals surface area contributed by atoms with Gasteiger partial charge in [-0.15, -0.1) is 0 Å². The maximum atomic E-state index is 12.1. The van der Waals surface area contributed by atoms with E-state index in [1.54, 1.807) is 13.8 Å². The Morgan fingerprint density at radius 3 is 1.88 bits per heavy atom. The number of carbonyl (C=O) groups is 5. The number of carbonyl (C=O) groups excluding carboxylic acids is 3. The summed E-state index contributed by atoms with van der Waals surface area (Å²) >= 11 is 0. The number of hydrogen-bond donors (Lipinski definition) is 6. The molecule has 0 fully saturated rings. The largest absolute Gasteiger partial charge is 0.481 e. The highest BCUT2D eigenvalue weighted by Gasteiger charge is 2.30. The van der Waals surface area contributed by atoms with Crippen molar-refractivity contribution >= 4 is 29.7 Å². The van der Waals surface area contributed by atoms with E-state index < -0.39 is 66.5 Å². The average Bonchev–Trinajstić information content (AvgIpc) is 2.41. The van der Waals surface area contributed by atoms with Crippen LogP contribution >= 0.6 is 0 Å². The number of aliphatic carboxylic acids is 2. The third kappa shape index (κ3) is 7.54. The Balaban J connectivity index is 5.08. The number of nitrogens with one attached hydrogen (secondary N) is 2. The first-order valence-electron chi connectivity index (χ1n) is 7.04. The molecule has 0 spiro atoms. The van der Waals surface area contributed by atoms with Gasteiger partial charge in [0, 0.05) is 0 Å². The second-order valence-corrected chi connectivity index (χ2v) is 5.50. The lowest BCUT2D eigenvalue weighted by Gasteiger charge is -2.23. The summed E-state index contributed by atoms with van der Waals surface area (Å²) in [5.41, 5.74) is 10.4. The molecule has 0 aromatic rings. The van der Waals surface area contributed by atoms with Gasteiger partial charge in [-0.2, -0.15) is 0 Å². The first kappa shape index (κ1) is 21.3. The van der Waals surface area contributed by atoms with Crippen LogP contribution in [0.5, 0.6) is 0 Å². The van der Waals surface area contributed by atoms with Crippen LogP contribution in [0.4, 0.5) is 0 Å². The van der Waals surface area contributed by atoms with E-state index in [1.165, 1.54) is 0 Å². The second-order valence-electron chi connectivity index (χ2n) is 5.50. The SMILES string of the molecule is CC(C)[C@H](NC(=O)[C@H](CC(N)=O)NC(=O)[C@@H](N)CC(=O)O)C(=O)O. The molecule has 24 heavy (non-hydrogen) atoms. The third-order valence-corrected chi connectivity index (χ3v) is 3.00. The van der Waals surface area contributed by atoms with Crippen molar-refractivity contribution in [2.24, 2.45) is 17.4 Å². The van der Waals surface area contributed by atoms with Gasteiger partial charge in [-0.25, -0.2) is 4.79 Å². The minimum Gasteiger partial charge on any atom is -0.481 e. The van der Waals surface area contributed by atoms with E-state index >= 15 is 0 Å². The Bertz CT molecular complexity index is 520. The smallest absolute Gasteiger partial charge is 0.326 e. The Morgan fingerprint density at radius 1 is 0.958 bits per heavy atom. The van der Waals surface area contributed by atoms with Crippen LogP contribution in [-0.4, -0.2) is 58.0 Å². The maximum absolute atomic E-state index is 12.1. The first-order chi connectivity index (χ1) is 11.0. The number of carboxylic acids is 2. The molecule has 11 nitrogen and oxygen atoms in total. The van der Waals surface area contributed by atoms with E-state index in [9.17, 15) is 24.0 Å². The zero-order chi connectivity index (χ0) is 19.0. The zero-order valence-corrected chi connectivity index (χ0v) is 13.3. The van der Waals surface area contributed by atoms with Gasteiger partial charge in [-0.3, -0.25) is 19.2 Å². The van der Waals surface area contributed by atoms with Gasteiger partial charge in [0.05, 0.1) is 18.9 Å². The molecule has 0 aliphatic heterocycles. The molecule has 11 heteroatoms. The number of nitrogens with two attached hydrogens (primary N) is 2. The van der Waals surface area contributed by atoms with Crippen molar-refractivity contribution in [3.8, 4) is 0 Å². The Labute approximate surface area is 137 Å². The van der Waals surface area contributed by atoms with Crippen molar-refractivity contribution in [3.05, 3.63) is 0 Å². The standard InChI is InChI=1S/C13H22N4O7/c1-5(2)10(13(23)24)17-12(22)7(4-8(15)18)16-11(21)6(14)3-9(19)20/h5-7,10H,3-4,14H2,1-2H3,(H2,15,18)(H,16,21)(H,17,22)(H,19,20)(H,23,24)/t6-,7-,10-/m0/s1. The molecule has 0 saturated carbocycles. The van der Waals surface area contributed by atoms with Crippen LogP contribution in [-0.2, 0) is 24.0 Å². The van der Waals surface area contributed by atoms with Crippen LogP contribution in [0, 0.1) is 5.92 Å². The van der Waals surface area contributed by atoms with E-state index in [-0.39, 0.29) is 0 Å². The van der Waals surface area contributed by atoms with E-state index in [4.69, 9.17) is 21.7 Å². The van der Waals surface area contributed by atoms with Crippen molar-refractivity contribution in [1.29, 1.82) is 0 Å². The van der Waals surface area contributed by atoms with Crippen molar-refractivity contribution in [1.82, 2.24) is 10.6 Å². The molecule has 3 amide bonds. The van der Waals surface area contributed by atoms with Crippen molar-refractivity contribution < 1.29 is 34.2 Å². The van der Waals surface area contributed by atoms with Gasteiger partial charge in [0.15, 0.2) is 0 Å². The van der Waals surface area contributed by atoms with E-state index in [0.717, 1.165) is 0 Å². The lowest BCUT2D eigenvalue weighted by atomic mass is 10.0. The monoisotopic (exact) mass is 346 g/mol. The molecule has 0 radical (unpaired) electrons. The summed E-state index contributed by atoms with van der Waals surface area (Å²) < 4.78 is 0. The zero-order valence-electron chi connectivity index (χ0n) is 13.3. The molecule has 0 aliphatic rings. The van der Waals surface area contributed by atoms with Crippen molar-refractivity contribution in [2.75, 3.05) is 0 Å². The van der Waals surface area contributed by atoms with Gasteiger partial charge in [0.1, 0.15) is 12.1 Å². The molecule has 136 valence electrons. The molecule has 0 rings (SSSR count). The average molecular weight is 346 g/mol. The summed E-state index contributed by atoms with van der Waals surface area (Å²) in [5, 5.41) is 21.9. The number of rotatable bonds is 10. The van der Waals surface area contributed by atoms with Crippen molar-refractivity contribution in [2.45, 2.75) is 44.8 Å². The highest BCUT2D eigenvalue weighted by atomic mass is 16.4. The fourth-order valence-corrected chi connectivity index (χ4v) is 1.74. The van der Waals surface area contributed by atoms with Gasteiger partial charge in [-0.1, -0.05) is 13.8 Å². The first-order valence-corrected chi connectivity index (χ1v) is 7.04.